The van der Waals surface area contributed by atoms with Crippen LogP contribution in [0.2, 0.25) is 0 Å². The molecule has 1 aromatic carbocycles. The number of fused-ring (bicyclic) bond motifs is 1. The predicted molar refractivity (Wildman–Crippen MR) is 81.4 cm³/mol. The maximum absolute atomic E-state index is 6.19. The summed E-state index contributed by atoms with van der Waals surface area (Å²) >= 11 is 0. The fourth-order valence-corrected chi connectivity index (χ4v) is 2.86. The van der Waals surface area contributed by atoms with Crippen LogP contribution in [0.5, 0.6) is 0 Å². The summed E-state index contributed by atoms with van der Waals surface area (Å²) in [5.41, 5.74) is 9.18. The first-order valence-corrected chi connectivity index (χ1v) is 7.17. The highest BCUT2D eigenvalue weighted by molar-refractivity contribution is 5.97. The molecule has 3 nitrogen and oxygen atoms in total. The fourth-order valence-electron chi connectivity index (χ4n) is 2.86. The minimum absolute atomic E-state index is 0.792. The van der Waals surface area contributed by atoms with Crippen LogP contribution >= 0.6 is 0 Å². The van der Waals surface area contributed by atoms with E-state index in [1.807, 2.05) is 6.07 Å². The van der Waals surface area contributed by atoms with Crippen molar-refractivity contribution in [2.45, 2.75) is 26.2 Å². The number of hydrogen-bond acceptors (Lipinski definition) is 3. The van der Waals surface area contributed by atoms with Crippen molar-refractivity contribution >= 4 is 22.3 Å². The quantitative estimate of drug-likeness (QED) is 0.910. The minimum Gasteiger partial charge on any atom is -0.396 e. The van der Waals surface area contributed by atoms with Gasteiger partial charge in [-0.1, -0.05) is 24.6 Å². The molecular weight excluding hydrogens is 234 g/mol. The third-order valence-corrected chi connectivity index (χ3v) is 4.18. The van der Waals surface area contributed by atoms with E-state index in [0.29, 0.717) is 0 Å². The van der Waals surface area contributed by atoms with Gasteiger partial charge in [0.2, 0.25) is 0 Å². The molecule has 1 aliphatic carbocycles. The summed E-state index contributed by atoms with van der Waals surface area (Å²) in [5.74, 6) is 0.839. The molecule has 19 heavy (non-hydrogen) atoms. The molecule has 0 saturated heterocycles. The Kier molecular flexibility index (Phi) is 3.28. The lowest BCUT2D eigenvalue weighted by atomic mass is 9.85. The Labute approximate surface area is 114 Å². The third kappa shape index (κ3) is 2.25. The van der Waals surface area contributed by atoms with Gasteiger partial charge < -0.3 is 10.6 Å². The van der Waals surface area contributed by atoms with Gasteiger partial charge in [-0.3, -0.25) is 4.98 Å². The molecule has 2 N–H and O–H groups in total. The Morgan fingerprint density at radius 3 is 2.79 bits per heavy atom. The second-order valence-corrected chi connectivity index (χ2v) is 5.41. The molecule has 0 atom stereocenters. The molecule has 1 fully saturated rings. The molecule has 0 aliphatic heterocycles. The lowest BCUT2D eigenvalue weighted by Gasteiger charge is -2.34. The molecule has 0 unspecified atom stereocenters. The molecule has 0 bridgehead atoms. The Balaban J connectivity index is 2.02. The molecule has 2 aromatic rings. The van der Waals surface area contributed by atoms with E-state index < -0.39 is 0 Å². The van der Waals surface area contributed by atoms with Gasteiger partial charge in [0.1, 0.15) is 0 Å². The van der Waals surface area contributed by atoms with Crippen molar-refractivity contribution in [3.05, 3.63) is 30.5 Å². The van der Waals surface area contributed by atoms with Gasteiger partial charge in [0.15, 0.2) is 0 Å². The van der Waals surface area contributed by atoms with Crippen molar-refractivity contribution in [3.63, 3.8) is 0 Å². The smallest absolute Gasteiger partial charge is 0.0745 e. The summed E-state index contributed by atoms with van der Waals surface area (Å²) in [6, 6.07) is 8.26. The van der Waals surface area contributed by atoms with E-state index in [4.69, 9.17) is 5.73 Å². The zero-order chi connectivity index (χ0) is 13.2. The Hall–Kier alpha value is -1.77. The van der Waals surface area contributed by atoms with Crippen LogP contribution in [0.4, 0.5) is 11.4 Å². The first-order chi connectivity index (χ1) is 9.29. The van der Waals surface area contributed by atoms with Crippen LogP contribution in [0.3, 0.4) is 0 Å². The lowest BCUT2D eigenvalue weighted by molar-refractivity contribution is 0.319. The summed E-state index contributed by atoms with van der Waals surface area (Å²) in [5, 5.41) is 1.17. The third-order valence-electron chi connectivity index (χ3n) is 4.18. The summed E-state index contributed by atoms with van der Waals surface area (Å²) in [4.78, 5) is 6.84. The van der Waals surface area contributed by atoms with Crippen LogP contribution in [-0.2, 0) is 0 Å². The minimum atomic E-state index is 0.792. The average molecular weight is 255 g/mol. The summed E-state index contributed by atoms with van der Waals surface area (Å²) in [6.07, 6.45) is 5.90. The van der Waals surface area contributed by atoms with Gasteiger partial charge in [-0.2, -0.15) is 0 Å². The molecule has 0 spiro atoms. The number of nitrogen functional groups attached to an aromatic ring is 1. The molecule has 100 valence electrons. The van der Waals surface area contributed by atoms with Crippen LogP contribution in [-0.4, -0.2) is 18.1 Å². The van der Waals surface area contributed by atoms with E-state index >= 15 is 0 Å². The number of hydrogen-bond donors (Lipinski definition) is 1. The number of benzene rings is 1. The van der Waals surface area contributed by atoms with Gasteiger partial charge in [-0.05, 0) is 31.7 Å². The largest absolute Gasteiger partial charge is 0.396 e. The van der Waals surface area contributed by atoms with Gasteiger partial charge in [0, 0.05) is 18.5 Å². The average Bonchev–Trinajstić information content (AvgIpc) is 2.39. The van der Waals surface area contributed by atoms with Crippen molar-refractivity contribution in [2.75, 3.05) is 23.7 Å². The predicted octanol–water partition coefficient (Wildman–Crippen LogP) is 3.44. The number of aromatic nitrogens is 1. The molecule has 0 amide bonds. The van der Waals surface area contributed by atoms with Gasteiger partial charge in [0.25, 0.3) is 0 Å². The zero-order valence-electron chi connectivity index (χ0n) is 11.5. The number of para-hydroxylation sites is 1. The van der Waals surface area contributed by atoms with Crippen LogP contribution in [0.25, 0.3) is 10.9 Å². The standard InChI is InChI=1S/C16H21N3/c1-2-19(11-12-6-5-7-12)16-13-8-3-4-9-15(13)18-10-14(16)17/h3-4,8-10,12H,2,5-7,11,17H2,1H3. The molecule has 3 heteroatoms. The summed E-state index contributed by atoms with van der Waals surface area (Å²) in [7, 11) is 0. The van der Waals surface area contributed by atoms with Crippen molar-refractivity contribution in [1.29, 1.82) is 0 Å². The van der Waals surface area contributed by atoms with Crippen molar-refractivity contribution in [2.24, 2.45) is 5.92 Å². The summed E-state index contributed by atoms with van der Waals surface area (Å²) < 4.78 is 0. The number of pyridine rings is 1. The van der Waals surface area contributed by atoms with E-state index in [2.05, 4.69) is 35.0 Å². The first-order valence-electron chi connectivity index (χ1n) is 7.17. The zero-order valence-corrected chi connectivity index (χ0v) is 11.5. The van der Waals surface area contributed by atoms with E-state index in [9.17, 15) is 0 Å². The fraction of sp³-hybridized carbons (Fsp3) is 0.438. The monoisotopic (exact) mass is 255 g/mol. The maximum atomic E-state index is 6.19. The second kappa shape index (κ2) is 5.08. The number of anilines is 2. The number of nitrogens with zero attached hydrogens (tertiary/aromatic N) is 2. The van der Waals surface area contributed by atoms with Gasteiger partial charge in [-0.15, -0.1) is 0 Å². The summed E-state index contributed by atoms with van der Waals surface area (Å²) in [6.45, 7) is 4.32. The highest BCUT2D eigenvalue weighted by Gasteiger charge is 2.22. The SMILES string of the molecule is CCN(CC1CCC1)c1c(N)cnc2ccccc12. The van der Waals surface area contributed by atoms with E-state index in [-0.39, 0.29) is 0 Å². The number of rotatable bonds is 4. The van der Waals surface area contributed by atoms with Crippen LogP contribution in [0.1, 0.15) is 26.2 Å². The second-order valence-electron chi connectivity index (χ2n) is 5.41. The molecule has 1 aromatic heterocycles. The Bertz CT molecular complexity index is 575. The highest BCUT2D eigenvalue weighted by Crippen LogP contribution is 2.34. The van der Waals surface area contributed by atoms with Gasteiger partial charge >= 0.3 is 0 Å². The van der Waals surface area contributed by atoms with Crippen LogP contribution < -0.4 is 10.6 Å². The molecular formula is C16H21N3. The Morgan fingerprint density at radius 1 is 1.32 bits per heavy atom. The molecule has 3 rings (SSSR count). The molecule has 1 heterocycles. The van der Waals surface area contributed by atoms with Crippen LogP contribution in [0.15, 0.2) is 30.5 Å². The molecule has 0 radical (unpaired) electrons. The normalized spacial score (nSPS) is 15.4. The lowest BCUT2D eigenvalue weighted by Crippen LogP contribution is -2.33. The maximum Gasteiger partial charge on any atom is 0.0745 e. The van der Waals surface area contributed by atoms with Crippen molar-refractivity contribution < 1.29 is 0 Å². The Morgan fingerprint density at radius 2 is 2.11 bits per heavy atom. The van der Waals surface area contributed by atoms with E-state index in [1.54, 1.807) is 6.20 Å². The highest BCUT2D eigenvalue weighted by atomic mass is 15.1. The molecule has 1 aliphatic rings. The van der Waals surface area contributed by atoms with Gasteiger partial charge in [-0.25, -0.2) is 0 Å². The number of nitrogens with two attached hydrogens (primary N) is 1. The van der Waals surface area contributed by atoms with Crippen molar-refractivity contribution in [1.82, 2.24) is 4.98 Å². The topological polar surface area (TPSA) is 42.1 Å². The molecule has 1 saturated carbocycles. The van der Waals surface area contributed by atoms with Gasteiger partial charge in [0.05, 0.1) is 23.1 Å². The van der Waals surface area contributed by atoms with E-state index in [0.717, 1.165) is 30.2 Å². The van der Waals surface area contributed by atoms with Crippen molar-refractivity contribution in [3.8, 4) is 0 Å². The van der Waals surface area contributed by atoms with E-state index in [1.165, 1.54) is 30.3 Å². The first kappa shape index (κ1) is 12.3. The van der Waals surface area contributed by atoms with Crippen LogP contribution in [0, 0.1) is 5.92 Å².